The van der Waals surface area contributed by atoms with Crippen LogP contribution >= 0.6 is 7.14 Å². The van der Waals surface area contributed by atoms with E-state index >= 15 is 4.57 Å². The number of ether oxygens (including phenoxy) is 1. The third kappa shape index (κ3) is 4.16. The van der Waals surface area contributed by atoms with Crippen LogP contribution in [0.25, 0.3) is 33.6 Å². The maximum atomic E-state index is 15.2. The number of pyridine rings is 1. The molecule has 0 bridgehead atoms. The minimum Gasteiger partial charge on any atom is -0.484 e. The Morgan fingerprint density at radius 2 is 1.28 bits per heavy atom. The average Bonchev–Trinajstić information content (AvgIpc) is 3.02. The average molecular weight is 524 g/mol. The molecule has 188 valence electrons. The lowest BCUT2D eigenvalue weighted by Gasteiger charge is -2.36. The fourth-order valence-electron chi connectivity index (χ4n) is 5.49. The first kappa shape index (κ1) is 23.6. The molecular weight excluding hydrogens is 497 g/mol. The highest BCUT2D eigenvalue weighted by Crippen LogP contribution is 2.59. The first-order valence-electron chi connectivity index (χ1n) is 13.2. The van der Waals surface area contributed by atoms with E-state index in [0.29, 0.717) is 5.75 Å². The SMILES string of the molecule is O=P1(c2ccccc2)C2=CC=CCC2Oc2ccc(-c3cc(-c4ccccc4)nc(-c4ccccc4)c3)cc21. The topological polar surface area (TPSA) is 39.2 Å². The van der Waals surface area contributed by atoms with Gasteiger partial charge in [0.15, 0.2) is 7.14 Å². The lowest BCUT2D eigenvalue weighted by Crippen LogP contribution is -2.34. The van der Waals surface area contributed by atoms with Crippen molar-refractivity contribution in [2.75, 3.05) is 0 Å². The number of rotatable bonds is 4. The van der Waals surface area contributed by atoms with Crippen LogP contribution in [0.3, 0.4) is 0 Å². The summed E-state index contributed by atoms with van der Waals surface area (Å²) in [6, 6.07) is 40.7. The van der Waals surface area contributed by atoms with Crippen LogP contribution in [0.5, 0.6) is 5.75 Å². The van der Waals surface area contributed by atoms with Gasteiger partial charge in [-0.3, -0.25) is 0 Å². The molecule has 0 amide bonds. The summed E-state index contributed by atoms with van der Waals surface area (Å²) in [5.74, 6) is 0.698. The number of allylic oxidation sites excluding steroid dienone is 2. The molecule has 0 saturated carbocycles. The maximum absolute atomic E-state index is 15.2. The fourth-order valence-corrected chi connectivity index (χ4v) is 8.55. The predicted molar refractivity (Wildman–Crippen MR) is 160 cm³/mol. The number of benzene rings is 4. The van der Waals surface area contributed by atoms with Crippen molar-refractivity contribution in [1.82, 2.24) is 4.98 Å². The molecule has 39 heavy (non-hydrogen) atoms. The van der Waals surface area contributed by atoms with E-state index in [-0.39, 0.29) is 6.10 Å². The fraction of sp³-hybridized carbons (Fsp3) is 0.0571. The molecule has 5 aromatic rings. The smallest absolute Gasteiger partial charge is 0.174 e. The molecule has 4 heteroatoms. The van der Waals surface area contributed by atoms with Gasteiger partial charge in [-0.2, -0.15) is 0 Å². The van der Waals surface area contributed by atoms with E-state index in [2.05, 4.69) is 54.6 Å². The highest BCUT2D eigenvalue weighted by atomic mass is 31.2. The van der Waals surface area contributed by atoms with Gasteiger partial charge < -0.3 is 9.30 Å². The van der Waals surface area contributed by atoms with Crippen LogP contribution in [0, 0.1) is 0 Å². The van der Waals surface area contributed by atoms with Crippen molar-refractivity contribution in [3.05, 3.63) is 145 Å². The summed E-state index contributed by atoms with van der Waals surface area (Å²) >= 11 is 0. The summed E-state index contributed by atoms with van der Waals surface area (Å²) in [6.45, 7) is 0. The summed E-state index contributed by atoms with van der Waals surface area (Å²) in [7, 11) is -3.11. The normalized spacial score (nSPS) is 19.4. The van der Waals surface area contributed by atoms with E-state index in [1.165, 1.54) is 0 Å². The summed E-state index contributed by atoms with van der Waals surface area (Å²) in [6.07, 6.45) is 6.58. The second-order valence-corrected chi connectivity index (χ2v) is 12.6. The molecule has 2 atom stereocenters. The van der Waals surface area contributed by atoms with Crippen molar-refractivity contribution in [2.45, 2.75) is 12.5 Å². The first-order chi connectivity index (χ1) is 19.2. The molecule has 4 aromatic carbocycles. The molecule has 0 spiro atoms. The minimum atomic E-state index is -3.11. The third-order valence-electron chi connectivity index (χ3n) is 7.43. The Morgan fingerprint density at radius 1 is 0.667 bits per heavy atom. The zero-order valence-electron chi connectivity index (χ0n) is 21.3. The van der Waals surface area contributed by atoms with Crippen LogP contribution in [0.4, 0.5) is 0 Å². The van der Waals surface area contributed by atoms with Crippen LogP contribution in [-0.2, 0) is 4.57 Å². The monoisotopic (exact) mass is 523 g/mol. The van der Waals surface area contributed by atoms with E-state index < -0.39 is 7.14 Å². The number of fused-ring (bicyclic) bond motifs is 2. The van der Waals surface area contributed by atoms with Gasteiger partial charge in [0.2, 0.25) is 0 Å². The van der Waals surface area contributed by atoms with E-state index in [9.17, 15) is 0 Å². The van der Waals surface area contributed by atoms with Crippen LogP contribution in [-0.4, -0.2) is 11.1 Å². The second kappa shape index (κ2) is 9.69. The third-order valence-corrected chi connectivity index (χ3v) is 10.6. The Hall–Kier alpha value is -4.46. The van der Waals surface area contributed by atoms with E-state index in [0.717, 1.165) is 56.0 Å². The Labute approximate surface area is 228 Å². The summed E-state index contributed by atoms with van der Waals surface area (Å²) in [5, 5.41) is 2.46. The minimum absolute atomic E-state index is 0.213. The molecule has 1 aliphatic heterocycles. The molecule has 1 aliphatic carbocycles. The molecule has 0 saturated heterocycles. The molecule has 0 fully saturated rings. The molecule has 2 unspecified atom stereocenters. The quantitative estimate of drug-likeness (QED) is 0.224. The van der Waals surface area contributed by atoms with Gasteiger partial charge >= 0.3 is 0 Å². The molecule has 7 rings (SSSR count). The Balaban J connectivity index is 1.44. The summed E-state index contributed by atoms with van der Waals surface area (Å²) in [5.41, 5.74) is 5.89. The van der Waals surface area contributed by atoms with Gasteiger partial charge in [0.25, 0.3) is 0 Å². The van der Waals surface area contributed by atoms with Crippen LogP contribution in [0.2, 0.25) is 0 Å². The highest BCUT2D eigenvalue weighted by Gasteiger charge is 2.43. The van der Waals surface area contributed by atoms with Crippen molar-refractivity contribution in [1.29, 1.82) is 0 Å². The van der Waals surface area contributed by atoms with Crippen LogP contribution in [0.1, 0.15) is 6.42 Å². The van der Waals surface area contributed by atoms with Crippen LogP contribution < -0.4 is 15.3 Å². The zero-order valence-corrected chi connectivity index (χ0v) is 22.2. The van der Waals surface area contributed by atoms with Gasteiger partial charge in [0.05, 0.1) is 16.7 Å². The second-order valence-electron chi connectivity index (χ2n) is 9.85. The van der Waals surface area contributed by atoms with Gasteiger partial charge in [-0.1, -0.05) is 115 Å². The van der Waals surface area contributed by atoms with Gasteiger partial charge in [0.1, 0.15) is 11.9 Å². The van der Waals surface area contributed by atoms with E-state index in [1.54, 1.807) is 0 Å². The van der Waals surface area contributed by atoms with Crippen LogP contribution in [0.15, 0.2) is 145 Å². The van der Waals surface area contributed by atoms with Crippen molar-refractivity contribution in [2.24, 2.45) is 0 Å². The standard InChI is InChI=1S/C35H26NO2P/c37-39(29-16-8-3-9-17-29)34-19-11-10-18-32(34)38-33-21-20-27(24-35(33)39)28-22-30(25-12-4-1-5-13-25)36-31(23-28)26-14-6-2-7-15-26/h1-17,19-24,32H,18H2. The molecule has 2 heterocycles. The molecule has 1 aromatic heterocycles. The Bertz CT molecular complexity index is 1720. The molecule has 0 N–H and O–H groups in total. The first-order valence-corrected chi connectivity index (χ1v) is 14.9. The number of hydrogen-bond donors (Lipinski definition) is 0. The predicted octanol–water partition coefficient (Wildman–Crippen LogP) is 8.00. The van der Waals surface area contributed by atoms with Gasteiger partial charge in [-0.15, -0.1) is 0 Å². The van der Waals surface area contributed by atoms with Crippen molar-refractivity contribution in [3.8, 4) is 39.4 Å². The van der Waals surface area contributed by atoms with E-state index in [4.69, 9.17) is 9.72 Å². The van der Waals surface area contributed by atoms with E-state index in [1.807, 2.05) is 84.9 Å². The van der Waals surface area contributed by atoms with Crippen molar-refractivity contribution in [3.63, 3.8) is 0 Å². The van der Waals surface area contributed by atoms with Gasteiger partial charge in [-0.05, 0) is 35.4 Å². The maximum Gasteiger partial charge on any atom is 0.174 e. The molecule has 0 radical (unpaired) electrons. The largest absolute Gasteiger partial charge is 0.484 e. The van der Waals surface area contributed by atoms with Gasteiger partial charge in [-0.25, -0.2) is 4.98 Å². The lowest BCUT2D eigenvalue weighted by atomic mass is 10.00. The number of aromatic nitrogens is 1. The lowest BCUT2D eigenvalue weighted by molar-refractivity contribution is 0.245. The summed E-state index contributed by atoms with van der Waals surface area (Å²) < 4.78 is 21.6. The van der Waals surface area contributed by atoms with Crippen molar-refractivity contribution >= 4 is 17.8 Å². The zero-order chi connectivity index (χ0) is 26.2. The number of hydrogen-bond acceptors (Lipinski definition) is 3. The molecule has 3 nitrogen and oxygen atoms in total. The molecular formula is C35H26NO2P. The van der Waals surface area contributed by atoms with Crippen molar-refractivity contribution < 1.29 is 9.30 Å². The van der Waals surface area contributed by atoms with Gasteiger partial charge in [0, 0.05) is 28.2 Å². The number of nitrogens with zero attached hydrogens (tertiary/aromatic N) is 1. The molecule has 2 aliphatic rings. The Kier molecular flexibility index (Phi) is 5.87. The Morgan fingerprint density at radius 3 is 1.92 bits per heavy atom. The summed E-state index contributed by atoms with van der Waals surface area (Å²) in [4.78, 5) is 5.02. The highest BCUT2D eigenvalue weighted by molar-refractivity contribution is 7.82.